The SMILES string of the molecule is C[C@H]1[C@H]([Si](C)(C)F)[C@@H](CCn2cc(C(CO)c3ccccc3)nn2)O[C@]12C(=O)N(Cc1ccc(N3C(=O)CCc4ccccc43)cc1)c1ccc(Cl)cc12. The Morgan fingerprint density at radius 1 is 0.981 bits per heavy atom. The molecule has 12 heteroatoms. The van der Waals surface area contributed by atoms with Crippen LogP contribution in [0.2, 0.25) is 23.7 Å². The summed E-state index contributed by atoms with van der Waals surface area (Å²) in [6.45, 7) is 5.85. The molecule has 1 unspecified atom stereocenters. The summed E-state index contributed by atoms with van der Waals surface area (Å²) in [4.78, 5) is 31.4. The largest absolute Gasteiger partial charge is 0.395 e. The molecule has 5 aromatic rings. The second-order valence-electron chi connectivity index (χ2n) is 15.2. The Kier molecular flexibility index (Phi) is 9.54. The zero-order valence-corrected chi connectivity index (χ0v) is 32.3. The molecule has 0 saturated carbocycles. The standard InChI is InChI=1S/C42H43ClFN5O4Si/c1-27-40(54(2,3)44)38(21-22-47-25-35(45-46-47)33(26-50)29-9-5-4-6-10-29)53-42(27)34-23-31(43)16-19-37(34)48(41(42)52)24-28-13-17-32(18-14-28)49-36-12-8-7-11-30(36)15-20-39(49)51/h4-14,16-19,23,25,27,33,38,40,50H,15,20-22,24,26H2,1-3H3/t27-,33?,38+,40-,42+/m0/s1. The molecule has 1 fully saturated rings. The van der Waals surface area contributed by atoms with Crippen LogP contribution >= 0.6 is 11.6 Å². The predicted octanol–water partition coefficient (Wildman–Crippen LogP) is 8.08. The van der Waals surface area contributed by atoms with Gasteiger partial charge in [0.25, 0.3) is 5.91 Å². The first-order chi connectivity index (χ1) is 26.0. The molecule has 54 heavy (non-hydrogen) atoms. The van der Waals surface area contributed by atoms with E-state index < -0.39 is 31.6 Å². The number of hydrogen-bond donors (Lipinski definition) is 1. The Labute approximate surface area is 320 Å². The molecule has 4 heterocycles. The summed E-state index contributed by atoms with van der Waals surface area (Å²) in [6.07, 6.45) is 2.83. The van der Waals surface area contributed by atoms with Crippen LogP contribution in [0, 0.1) is 5.92 Å². The summed E-state index contributed by atoms with van der Waals surface area (Å²) < 4.78 is 25.1. The Morgan fingerprint density at radius 3 is 2.46 bits per heavy atom. The first kappa shape index (κ1) is 36.3. The number of aryl methyl sites for hydroxylation is 2. The van der Waals surface area contributed by atoms with E-state index in [9.17, 15) is 14.7 Å². The number of aliphatic hydroxyl groups excluding tert-OH is 1. The minimum absolute atomic E-state index is 0.0468. The van der Waals surface area contributed by atoms with Gasteiger partial charge in [-0.2, -0.15) is 0 Å². The van der Waals surface area contributed by atoms with Crippen molar-refractivity contribution in [3.8, 4) is 0 Å². The average Bonchev–Trinajstić information content (AvgIpc) is 3.82. The van der Waals surface area contributed by atoms with E-state index in [0.717, 1.165) is 34.5 Å². The van der Waals surface area contributed by atoms with Crippen molar-refractivity contribution >= 4 is 48.9 Å². The molecule has 5 atom stereocenters. The van der Waals surface area contributed by atoms with Crippen LogP contribution in [-0.4, -0.2) is 53.0 Å². The van der Waals surface area contributed by atoms with Crippen LogP contribution in [0.15, 0.2) is 103 Å². The number of ether oxygens (including phenoxy) is 1. The fourth-order valence-electron chi connectivity index (χ4n) is 8.99. The number of amides is 2. The van der Waals surface area contributed by atoms with Gasteiger partial charge >= 0.3 is 0 Å². The molecule has 1 saturated heterocycles. The fraction of sp³-hybridized carbons (Fsp3) is 0.333. The number of aromatic nitrogens is 3. The molecule has 9 nitrogen and oxygen atoms in total. The maximum absolute atomic E-state index is 16.5. The zero-order valence-electron chi connectivity index (χ0n) is 30.5. The maximum Gasteiger partial charge on any atom is 0.264 e. The van der Waals surface area contributed by atoms with Crippen molar-refractivity contribution in [2.75, 3.05) is 16.4 Å². The van der Waals surface area contributed by atoms with Crippen molar-refractivity contribution in [3.05, 3.63) is 136 Å². The zero-order chi connectivity index (χ0) is 37.8. The summed E-state index contributed by atoms with van der Waals surface area (Å²) in [6, 6.07) is 30.8. The molecule has 0 bridgehead atoms. The van der Waals surface area contributed by atoms with E-state index in [2.05, 4.69) is 16.4 Å². The van der Waals surface area contributed by atoms with Crippen molar-refractivity contribution in [2.24, 2.45) is 5.92 Å². The van der Waals surface area contributed by atoms with Crippen molar-refractivity contribution in [3.63, 3.8) is 0 Å². The first-order valence-electron chi connectivity index (χ1n) is 18.5. The highest BCUT2D eigenvalue weighted by molar-refractivity contribution is 6.72. The number of aliphatic hydroxyl groups is 1. The van der Waals surface area contributed by atoms with Crippen LogP contribution in [0.5, 0.6) is 0 Å². The van der Waals surface area contributed by atoms with Crippen molar-refractivity contribution in [2.45, 2.75) is 75.5 Å². The van der Waals surface area contributed by atoms with Gasteiger partial charge in [0.2, 0.25) is 14.3 Å². The van der Waals surface area contributed by atoms with E-state index in [-0.39, 0.29) is 30.9 Å². The third-order valence-electron chi connectivity index (χ3n) is 11.5. The summed E-state index contributed by atoms with van der Waals surface area (Å²) in [7, 11) is -3.40. The smallest absolute Gasteiger partial charge is 0.264 e. The highest BCUT2D eigenvalue weighted by Gasteiger charge is 2.66. The molecule has 4 aromatic carbocycles. The number of benzene rings is 4. The topological polar surface area (TPSA) is 101 Å². The lowest BCUT2D eigenvalue weighted by molar-refractivity contribution is -0.146. The number of hydrogen-bond acceptors (Lipinski definition) is 6. The molecule has 3 aliphatic rings. The van der Waals surface area contributed by atoms with E-state index in [0.29, 0.717) is 41.4 Å². The highest BCUT2D eigenvalue weighted by atomic mass is 35.5. The van der Waals surface area contributed by atoms with E-state index in [1.54, 1.807) is 39.7 Å². The summed E-state index contributed by atoms with van der Waals surface area (Å²) in [5.41, 5.74) is 4.69. The molecule has 1 aromatic heterocycles. The van der Waals surface area contributed by atoms with Gasteiger partial charge in [0, 0.05) is 46.9 Å². The first-order valence-corrected chi connectivity index (χ1v) is 21.9. The van der Waals surface area contributed by atoms with Crippen molar-refractivity contribution in [1.82, 2.24) is 15.0 Å². The van der Waals surface area contributed by atoms with Gasteiger partial charge in [0.05, 0.1) is 42.2 Å². The molecule has 1 N–H and O–H groups in total. The minimum Gasteiger partial charge on any atom is -0.395 e. The number of carbonyl (C=O) groups excluding carboxylic acids is 2. The van der Waals surface area contributed by atoms with Crippen molar-refractivity contribution in [1.29, 1.82) is 0 Å². The van der Waals surface area contributed by atoms with Gasteiger partial charge in [-0.05, 0) is 79.0 Å². The Hall–Kier alpha value is -4.68. The molecule has 1 spiro atoms. The lowest BCUT2D eigenvalue weighted by atomic mass is 9.82. The van der Waals surface area contributed by atoms with Gasteiger partial charge < -0.3 is 18.9 Å². The molecule has 0 radical (unpaired) electrons. The van der Waals surface area contributed by atoms with E-state index in [1.165, 1.54) is 0 Å². The summed E-state index contributed by atoms with van der Waals surface area (Å²) in [5, 5.41) is 19.3. The minimum atomic E-state index is -3.40. The Bertz CT molecular complexity index is 2190. The Morgan fingerprint density at radius 2 is 1.72 bits per heavy atom. The van der Waals surface area contributed by atoms with Crippen LogP contribution in [0.4, 0.5) is 21.2 Å². The second kappa shape index (κ2) is 14.2. The lowest BCUT2D eigenvalue weighted by Gasteiger charge is -2.31. The van der Waals surface area contributed by atoms with E-state index in [4.69, 9.17) is 16.3 Å². The second-order valence-corrected chi connectivity index (χ2v) is 19.4. The van der Waals surface area contributed by atoms with Gasteiger partial charge in [-0.25, -0.2) is 0 Å². The van der Waals surface area contributed by atoms with Crippen LogP contribution in [-0.2, 0) is 39.4 Å². The van der Waals surface area contributed by atoms with Gasteiger partial charge in [-0.15, -0.1) is 5.10 Å². The third kappa shape index (κ3) is 6.26. The Balaban J connectivity index is 1.06. The van der Waals surface area contributed by atoms with E-state index in [1.807, 2.05) is 92.0 Å². The van der Waals surface area contributed by atoms with E-state index >= 15 is 4.11 Å². The van der Waals surface area contributed by atoms with Gasteiger partial charge in [0.1, 0.15) is 0 Å². The quantitative estimate of drug-likeness (QED) is 0.114. The monoisotopic (exact) mass is 763 g/mol. The van der Waals surface area contributed by atoms with Crippen LogP contribution in [0.1, 0.15) is 53.6 Å². The van der Waals surface area contributed by atoms with Gasteiger partial charge in [-0.3, -0.25) is 19.2 Å². The average molecular weight is 764 g/mol. The number of halogens is 2. The van der Waals surface area contributed by atoms with Crippen molar-refractivity contribution < 1.29 is 23.5 Å². The number of rotatable bonds is 10. The van der Waals surface area contributed by atoms with Gasteiger partial charge in [-0.1, -0.05) is 84.4 Å². The predicted molar refractivity (Wildman–Crippen MR) is 209 cm³/mol. The lowest BCUT2D eigenvalue weighted by Crippen LogP contribution is -2.45. The molecule has 278 valence electrons. The molecule has 2 amide bonds. The van der Waals surface area contributed by atoms with Crippen LogP contribution in [0.25, 0.3) is 0 Å². The van der Waals surface area contributed by atoms with Crippen LogP contribution in [0.3, 0.4) is 0 Å². The molecule has 8 rings (SSSR count). The maximum atomic E-state index is 16.5. The highest BCUT2D eigenvalue weighted by Crippen LogP contribution is 2.60. The number of fused-ring (bicyclic) bond motifs is 3. The van der Waals surface area contributed by atoms with Crippen LogP contribution < -0.4 is 9.80 Å². The number of para-hydroxylation sites is 1. The number of nitrogens with zero attached hydrogens (tertiary/aromatic N) is 5. The molecule has 0 aliphatic carbocycles. The third-order valence-corrected chi connectivity index (χ3v) is 14.2. The fourth-order valence-corrected chi connectivity index (χ4v) is 11.7. The summed E-state index contributed by atoms with van der Waals surface area (Å²) >= 11 is 6.60. The summed E-state index contributed by atoms with van der Waals surface area (Å²) in [5.74, 6) is -0.983. The molecule has 3 aliphatic heterocycles. The number of anilines is 3. The molecular weight excluding hydrogens is 721 g/mol. The number of carbonyl (C=O) groups is 2. The van der Waals surface area contributed by atoms with Gasteiger partial charge in [0.15, 0.2) is 5.60 Å². The normalized spacial score (nSPS) is 22.9. The molecular formula is C42H43ClFN5O4Si.